The highest BCUT2D eigenvalue weighted by Crippen LogP contribution is 2.28. The molecule has 1 amide bonds. The third kappa shape index (κ3) is 10.1. The van der Waals surface area contributed by atoms with E-state index in [0.29, 0.717) is 42.3 Å². The first-order chi connectivity index (χ1) is 23.7. The van der Waals surface area contributed by atoms with Crippen molar-refractivity contribution < 1.29 is 36.6 Å². The van der Waals surface area contributed by atoms with Gasteiger partial charge in [0.15, 0.2) is 17.7 Å². The molecule has 1 atom stereocenters. The number of carbonyl (C=O) groups is 2. The largest absolute Gasteiger partial charge is 0.479 e. The summed E-state index contributed by atoms with van der Waals surface area (Å²) in [6, 6.07) is 15.5. The number of aromatic nitrogens is 3. The molecule has 1 aromatic heterocycles. The maximum atomic E-state index is 13.8. The first-order valence-electron chi connectivity index (χ1n) is 16.1. The average molecular weight is 708 g/mol. The lowest BCUT2D eigenvalue weighted by Crippen LogP contribution is -2.34. The minimum absolute atomic E-state index is 0.0190. The molecule has 1 heterocycles. The van der Waals surface area contributed by atoms with Crippen LogP contribution in [-0.4, -0.2) is 65.9 Å². The normalized spacial score (nSPS) is 11.4. The first-order valence-corrected chi connectivity index (χ1v) is 17.6. The SMILES string of the molecule is CCCCOC(=O)C(C)Oc1ccc(Oc2ccc(C#N)cc2F)cc1.CCN(CC)C(=O)n1cnc(S(=O)(=O)c2c(C)cc(C)cc2C)n1. The number of amides is 1. The molecule has 1 unspecified atom stereocenters. The molecule has 266 valence electrons. The second-order valence-corrected chi connectivity index (χ2v) is 13.0. The van der Waals surface area contributed by atoms with Gasteiger partial charge in [-0.2, -0.15) is 9.94 Å². The van der Waals surface area contributed by atoms with Gasteiger partial charge in [-0.1, -0.05) is 31.0 Å². The van der Waals surface area contributed by atoms with Crippen molar-refractivity contribution in [1.82, 2.24) is 19.7 Å². The third-order valence-electron chi connectivity index (χ3n) is 7.31. The molecule has 14 heteroatoms. The molecule has 0 N–H and O–H groups in total. The van der Waals surface area contributed by atoms with Gasteiger partial charge in [0.25, 0.3) is 5.16 Å². The van der Waals surface area contributed by atoms with Gasteiger partial charge in [0, 0.05) is 13.1 Å². The summed E-state index contributed by atoms with van der Waals surface area (Å²) in [5.74, 6) is -0.145. The Morgan fingerprint density at radius 2 is 1.60 bits per heavy atom. The molecule has 0 radical (unpaired) electrons. The van der Waals surface area contributed by atoms with E-state index in [1.54, 1.807) is 57.2 Å². The minimum atomic E-state index is -3.88. The lowest BCUT2D eigenvalue weighted by Gasteiger charge is -2.17. The van der Waals surface area contributed by atoms with E-state index in [0.717, 1.165) is 35.5 Å². The van der Waals surface area contributed by atoms with Crippen LogP contribution in [0.4, 0.5) is 9.18 Å². The number of halogens is 1. The smallest absolute Gasteiger partial charge is 0.347 e. The maximum Gasteiger partial charge on any atom is 0.347 e. The van der Waals surface area contributed by atoms with E-state index in [9.17, 15) is 22.4 Å². The Balaban J connectivity index is 0.000000271. The van der Waals surface area contributed by atoms with E-state index in [4.69, 9.17) is 19.5 Å². The van der Waals surface area contributed by atoms with Crippen molar-refractivity contribution in [3.63, 3.8) is 0 Å². The van der Waals surface area contributed by atoms with Gasteiger partial charge >= 0.3 is 12.0 Å². The molecule has 0 aliphatic carbocycles. The Morgan fingerprint density at radius 3 is 2.16 bits per heavy atom. The van der Waals surface area contributed by atoms with E-state index >= 15 is 0 Å². The lowest BCUT2D eigenvalue weighted by atomic mass is 10.1. The van der Waals surface area contributed by atoms with Gasteiger partial charge in [0.1, 0.15) is 17.8 Å². The number of unbranched alkanes of at least 4 members (excludes halogenated alkanes) is 1. The fourth-order valence-corrected chi connectivity index (χ4v) is 6.37. The molecule has 4 aromatic rings. The molecule has 0 aliphatic rings. The van der Waals surface area contributed by atoms with Gasteiger partial charge in [-0.05, 0) is 102 Å². The van der Waals surface area contributed by atoms with Crippen LogP contribution in [0.1, 0.15) is 62.8 Å². The molecule has 50 heavy (non-hydrogen) atoms. The predicted octanol–water partition coefficient (Wildman–Crippen LogP) is 6.95. The van der Waals surface area contributed by atoms with Crippen molar-refractivity contribution in [3.8, 4) is 23.3 Å². The number of nitrogens with zero attached hydrogens (tertiary/aromatic N) is 5. The summed E-state index contributed by atoms with van der Waals surface area (Å²) in [5, 5.41) is 12.3. The van der Waals surface area contributed by atoms with Crippen molar-refractivity contribution in [2.45, 2.75) is 77.5 Å². The number of hydrogen-bond donors (Lipinski definition) is 0. The summed E-state index contributed by atoms with van der Waals surface area (Å²) in [6.07, 6.45) is 2.18. The van der Waals surface area contributed by atoms with Gasteiger partial charge in [0.05, 0.1) is 23.1 Å². The quantitative estimate of drug-likeness (QED) is 0.112. The average Bonchev–Trinajstić information content (AvgIpc) is 3.58. The number of hydrogen-bond acceptors (Lipinski definition) is 10. The number of aryl methyl sites for hydroxylation is 3. The van der Waals surface area contributed by atoms with E-state index in [-0.39, 0.29) is 21.4 Å². The molecule has 0 saturated heterocycles. The van der Waals surface area contributed by atoms with Gasteiger partial charge in [-0.3, -0.25) is 0 Å². The van der Waals surface area contributed by atoms with E-state index in [1.807, 2.05) is 33.8 Å². The van der Waals surface area contributed by atoms with Crippen LogP contribution in [-0.2, 0) is 19.4 Å². The second-order valence-electron chi connectivity index (χ2n) is 11.3. The Bertz CT molecular complexity index is 1910. The van der Waals surface area contributed by atoms with Crippen molar-refractivity contribution in [1.29, 1.82) is 5.26 Å². The summed E-state index contributed by atoms with van der Waals surface area (Å²) in [6.45, 7) is 14.1. The molecule has 3 aromatic carbocycles. The topological polar surface area (TPSA) is 154 Å². The van der Waals surface area contributed by atoms with Crippen LogP contribution >= 0.6 is 0 Å². The van der Waals surface area contributed by atoms with Gasteiger partial charge in [-0.25, -0.2) is 27.4 Å². The molecule has 0 spiro atoms. The highest BCUT2D eigenvalue weighted by Gasteiger charge is 2.28. The van der Waals surface area contributed by atoms with E-state index in [1.165, 1.54) is 17.0 Å². The fourth-order valence-electron chi connectivity index (χ4n) is 4.84. The van der Waals surface area contributed by atoms with Crippen LogP contribution in [0.3, 0.4) is 0 Å². The van der Waals surface area contributed by atoms with Crippen LogP contribution in [0.2, 0.25) is 0 Å². The van der Waals surface area contributed by atoms with Crippen LogP contribution in [0.25, 0.3) is 0 Å². The Labute approximate surface area is 292 Å². The third-order valence-corrected chi connectivity index (χ3v) is 9.16. The van der Waals surface area contributed by atoms with Crippen molar-refractivity contribution >= 4 is 21.8 Å². The summed E-state index contributed by atoms with van der Waals surface area (Å²) in [7, 11) is -3.88. The molecule has 4 rings (SSSR count). The number of rotatable bonds is 12. The molecular formula is C36H42FN5O7S. The number of ether oxygens (including phenoxy) is 3. The fraction of sp³-hybridized carbons (Fsp3) is 0.361. The first kappa shape index (κ1) is 39.2. The maximum absolute atomic E-state index is 13.8. The van der Waals surface area contributed by atoms with Crippen molar-refractivity contribution in [2.75, 3.05) is 19.7 Å². The van der Waals surface area contributed by atoms with Crippen LogP contribution < -0.4 is 9.47 Å². The Kier molecular flexibility index (Phi) is 14.0. The van der Waals surface area contributed by atoms with E-state index in [2.05, 4.69) is 10.1 Å². The monoisotopic (exact) mass is 707 g/mol. The number of nitriles is 1. The zero-order valence-corrected chi connectivity index (χ0v) is 30.1. The van der Waals surface area contributed by atoms with Gasteiger partial charge < -0.3 is 19.1 Å². The summed E-state index contributed by atoms with van der Waals surface area (Å²) in [4.78, 5) is 29.6. The zero-order valence-electron chi connectivity index (χ0n) is 29.3. The number of esters is 1. The van der Waals surface area contributed by atoms with Crippen LogP contribution in [0.15, 0.2) is 71.0 Å². The number of carbonyl (C=O) groups excluding carboxylic acids is 2. The summed E-state index contributed by atoms with van der Waals surface area (Å²) >= 11 is 0. The Morgan fingerprint density at radius 1 is 0.980 bits per heavy atom. The summed E-state index contributed by atoms with van der Waals surface area (Å²) < 4.78 is 56.6. The van der Waals surface area contributed by atoms with Crippen LogP contribution in [0.5, 0.6) is 17.2 Å². The minimum Gasteiger partial charge on any atom is -0.479 e. The van der Waals surface area contributed by atoms with Gasteiger partial charge in [-0.15, -0.1) is 5.10 Å². The van der Waals surface area contributed by atoms with Crippen LogP contribution in [0, 0.1) is 37.9 Å². The molecule has 0 bridgehead atoms. The highest BCUT2D eigenvalue weighted by atomic mass is 32.2. The number of sulfone groups is 1. The standard InChI is InChI=1S/C20H20FNO4.C16H22N4O3S/c1-3-4-11-24-20(23)14(2)25-16-6-8-17(9-7-16)26-19-10-5-15(13-22)12-18(19)21;1-6-19(7-2)16(21)20-10-17-15(18-20)24(22,23)14-12(4)8-11(3)9-13(14)5/h5-10,12,14H,3-4,11H2,1-2H3;8-10H,6-7H2,1-5H3. The molecule has 0 saturated carbocycles. The summed E-state index contributed by atoms with van der Waals surface area (Å²) in [5.41, 5.74) is 2.48. The van der Waals surface area contributed by atoms with E-state index < -0.39 is 33.8 Å². The molecule has 12 nitrogen and oxygen atoms in total. The molecular weight excluding hydrogens is 665 g/mol. The second kappa shape index (κ2) is 17.9. The van der Waals surface area contributed by atoms with Gasteiger partial charge in [0.2, 0.25) is 9.84 Å². The lowest BCUT2D eigenvalue weighted by molar-refractivity contribution is -0.151. The van der Waals surface area contributed by atoms with Crippen molar-refractivity contribution in [2.24, 2.45) is 0 Å². The highest BCUT2D eigenvalue weighted by molar-refractivity contribution is 7.91. The Hall–Kier alpha value is -5.29. The zero-order chi connectivity index (χ0) is 37.0. The molecule has 0 fully saturated rings. The predicted molar refractivity (Wildman–Crippen MR) is 183 cm³/mol. The number of benzene rings is 3. The molecule has 0 aliphatic heterocycles. The van der Waals surface area contributed by atoms with Crippen molar-refractivity contribution in [3.05, 3.63) is 89.0 Å².